The Morgan fingerprint density at radius 3 is 0.929 bits per heavy atom. The van der Waals surface area contributed by atoms with E-state index in [1.165, 1.54) is 89.9 Å². The molecular weight excluding hydrogens is 925 g/mol. The van der Waals surface area contributed by atoms with Crippen molar-refractivity contribution in [2.75, 3.05) is 0 Å². The van der Waals surface area contributed by atoms with Crippen LogP contribution in [0.5, 0.6) is 0 Å². The number of halogens is 4. The molecule has 6 aliphatic rings. The molecule has 326 valence electrons. The zero-order chi connectivity index (χ0) is 38.5. The summed E-state index contributed by atoms with van der Waals surface area (Å²) in [7, 11) is 19.7. The van der Waals surface area contributed by atoms with Gasteiger partial charge in [-0.3, -0.25) is 0 Å². The number of hydrogen-bond donors (Lipinski definition) is 0. The molecule has 6 heteroatoms. The molecule has 0 radical (unpaired) electrons. The summed E-state index contributed by atoms with van der Waals surface area (Å²) >= 11 is -1.65. The van der Waals surface area contributed by atoms with Crippen molar-refractivity contribution >= 4 is 34.1 Å². The molecule has 6 saturated carbocycles. The summed E-state index contributed by atoms with van der Waals surface area (Å²) in [4.78, 5) is 0. The summed E-state index contributed by atoms with van der Waals surface area (Å²) in [5, 5.41) is 0. The predicted octanol–water partition coefficient (Wildman–Crippen LogP) is 18.1. The molecule has 6 aliphatic carbocycles. The summed E-state index contributed by atoms with van der Waals surface area (Å²) < 4.78 is 0. The average Bonchev–Trinajstić information content (AvgIpc) is 3.84. The molecule has 6 unspecified atom stereocenters. The van der Waals surface area contributed by atoms with Crippen molar-refractivity contribution in [3.8, 4) is 0 Å². The van der Waals surface area contributed by atoms with Crippen LogP contribution >= 0.6 is 34.1 Å². The third-order valence-corrected chi connectivity index (χ3v) is 17.2. The minimum Gasteiger partial charge on any atom is -0.0617 e. The van der Waals surface area contributed by atoms with E-state index in [0.29, 0.717) is 0 Å². The Hall–Kier alpha value is 2.15. The second-order valence-electron chi connectivity index (χ2n) is 19.1. The van der Waals surface area contributed by atoms with Gasteiger partial charge in [-0.15, -0.1) is 0 Å². The smallest absolute Gasteiger partial charge is 0.0248 e. The Morgan fingerprint density at radius 2 is 0.661 bits per heavy atom. The first-order valence-corrected chi connectivity index (χ1v) is 34.5. The number of hydrogen-bond acceptors (Lipinski definition) is 0. The van der Waals surface area contributed by atoms with Crippen molar-refractivity contribution in [3.05, 3.63) is 65.1 Å². The van der Waals surface area contributed by atoms with Crippen LogP contribution in [0.1, 0.15) is 157 Å². The molecule has 7 rings (SSSR count). The average molecular weight is 1020 g/mol. The van der Waals surface area contributed by atoms with Crippen LogP contribution in [0.15, 0.2) is 24.3 Å². The monoisotopic (exact) mass is 1010 g/mol. The quantitative estimate of drug-likeness (QED) is 0.264. The molecule has 1 aromatic rings. The molecule has 6 fully saturated rings. The van der Waals surface area contributed by atoms with Crippen molar-refractivity contribution in [3.63, 3.8) is 0 Å². The van der Waals surface area contributed by atoms with Crippen molar-refractivity contribution in [2.45, 2.75) is 159 Å². The van der Waals surface area contributed by atoms with E-state index >= 15 is 0 Å². The van der Waals surface area contributed by atoms with Gasteiger partial charge in [0.1, 0.15) is 0 Å². The van der Waals surface area contributed by atoms with E-state index in [1.54, 1.807) is 11.1 Å². The summed E-state index contributed by atoms with van der Waals surface area (Å²) in [5.74, 6) is 15.6. The standard InChI is InChI=1S/C26H38.2C10H20.4CH3.4ClH.2Zr/c1-3-10-25-21(8-1)12-14-23(25)17-19-6-5-7-20(16-19)18-24-15-13-22-9-2-4-11-26(22)24;2*1-6-7(2)9(4)10(5)8(6)3;;;;;;;;;;/h5-7,16,21-26H,1-4,8-15,17-18H2;2*6-10H,1-5H3;4*1H3;4*1H;;/q;;;4*-1;;;;;2*+4/p-4. The molecular formula is C50H90Cl4Zr2. The van der Waals surface area contributed by atoms with Gasteiger partial charge in [0.25, 0.3) is 0 Å². The van der Waals surface area contributed by atoms with E-state index in [9.17, 15) is 0 Å². The topological polar surface area (TPSA) is 0 Å². The molecule has 0 nitrogen and oxygen atoms in total. The van der Waals surface area contributed by atoms with Gasteiger partial charge in [0.2, 0.25) is 0 Å². The number of rotatable bonds is 4. The molecule has 0 amide bonds. The van der Waals surface area contributed by atoms with Gasteiger partial charge in [0.15, 0.2) is 0 Å². The number of benzene rings is 1. The maximum absolute atomic E-state index is 4.93. The Balaban J connectivity index is 0. The van der Waals surface area contributed by atoms with E-state index in [-0.39, 0.29) is 29.7 Å². The van der Waals surface area contributed by atoms with E-state index < -0.39 is 41.7 Å². The van der Waals surface area contributed by atoms with Crippen molar-refractivity contribution in [1.29, 1.82) is 0 Å². The molecule has 0 aromatic heterocycles. The summed E-state index contributed by atoms with van der Waals surface area (Å²) in [6, 6.07) is 9.83. The third-order valence-electron chi connectivity index (χ3n) is 17.2. The molecule has 56 heavy (non-hydrogen) atoms. The third kappa shape index (κ3) is 17.0. The van der Waals surface area contributed by atoms with Gasteiger partial charge in [-0.25, -0.2) is 0 Å². The van der Waals surface area contributed by atoms with E-state index in [0.717, 1.165) is 94.7 Å². The fraction of sp³-hybridized carbons (Fsp3) is 0.800. The van der Waals surface area contributed by atoms with Gasteiger partial charge >= 0.3 is 75.7 Å². The molecule has 0 N–H and O–H groups in total. The Kier molecular flexibility index (Phi) is 33.4. The van der Waals surface area contributed by atoms with Crippen LogP contribution in [0.25, 0.3) is 0 Å². The van der Waals surface area contributed by atoms with E-state index in [1.807, 2.05) is 0 Å². The number of fused-ring (bicyclic) bond motifs is 2. The SMILES string of the molecule is CC1C(C)C(C)C(C)C1C.CC1C(C)C(C)C(C)C1C.[CH3-].[CH3-].[CH3-].[CH3-].[Cl][Zr+2][Cl].[Cl][Zr+2][Cl].c1cc(CC2CCC3CCCCC32)cc(CC2CCC3CCCCC32)c1. The van der Waals surface area contributed by atoms with Crippen molar-refractivity contribution in [2.24, 2.45) is 94.7 Å². The molecule has 6 atom stereocenters. The van der Waals surface area contributed by atoms with Crippen LogP contribution in [0, 0.1) is 124 Å². The van der Waals surface area contributed by atoms with Gasteiger partial charge in [0, 0.05) is 0 Å². The zero-order valence-electron chi connectivity index (χ0n) is 39.0. The maximum Gasteiger partial charge on any atom is -0.0248 e. The van der Waals surface area contributed by atoms with E-state index in [4.69, 9.17) is 34.1 Å². The molecule has 0 aliphatic heterocycles. The van der Waals surface area contributed by atoms with Crippen LogP contribution in [-0.2, 0) is 54.5 Å². The maximum atomic E-state index is 4.93. The minimum atomic E-state index is -0.826. The van der Waals surface area contributed by atoms with Gasteiger partial charge in [-0.2, -0.15) is 0 Å². The van der Waals surface area contributed by atoms with E-state index in [2.05, 4.69) is 93.5 Å². The normalized spacial score (nSPS) is 38.5. The predicted molar refractivity (Wildman–Crippen MR) is 251 cm³/mol. The summed E-state index contributed by atoms with van der Waals surface area (Å²) in [5.41, 5.74) is 3.30. The van der Waals surface area contributed by atoms with Crippen LogP contribution in [0.2, 0.25) is 0 Å². The first-order chi connectivity index (χ1) is 24.8. The summed E-state index contributed by atoms with van der Waals surface area (Å²) in [6.45, 7) is 24.0. The minimum absolute atomic E-state index is 0. The molecule has 0 saturated heterocycles. The fourth-order valence-corrected chi connectivity index (χ4v) is 12.5. The molecule has 0 heterocycles. The Labute approximate surface area is 390 Å². The second-order valence-corrected chi connectivity index (χ2v) is 26.5. The van der Waals surface area contributed by atoms with Crippen LogP contribution in [-0.4, -0.2) is 0 Å². The Morgan fingerprint density at radius 1 is 0.411 bits per heavy atom. The Bertz CT molecular complexity index is 947. The van der Waals surface area contributed by atoms with Gasteiger partial charge in [0.05, 0.1) is 0 Å². The van der Waals surface area contributed by atoms with Crippen LogP contribution in [0.3, 0.4) is 0 Å². The molecule has 0 spiro atoms. The summed E-state index contributed by atoms with van der Waals surface area (Å²) in [6.07, 6.45) is 20.9. The van der Waals surface area contributed by atoms with Crippen LogP contribution < -0.4 is 0 Å². The first kappa shape index (κ1) is 60.2. The van der Waals surface area contributed by atoms with Crippen LogP contribution in [0.4, 0.5) is 0 Å². The van der Waals surface area contributed by atoms with Gasteiger partial charge < -0.3 is 29.7 Å². The zero-order valence-corrected chi connectivity index (χ0v) is 46.9. The second kappa shape index (κ2) is 31.1. The van der Waals surface area contributed by atoms with Gasteiger partial charge in [-0.05, 0) is 157 Å². The van der Waals surface area contributed by atoms with Gasteiger partial charge in [-0.1, -0.05) is 132 Å². The first-order valence-electron chi connectivity index (χ1n) is 21.8. The largest absolute Gasteiger partial charge is 0.0617 e. The fourth-order valence-electron chi connectivity index (χ4n) is 12.5. The molecule has 0 bridgehead atoms. The van der Waals surface area contributed by atoms with Crippen molar-refractivity contribution in [1.82, 2.24) is 0 Å². The molecule has 1 aromatic carbocycles. The van der Waals surface area contributed by atoms with Crippen molar-refractivity contribution < 1.29 is 41.7 Å².